The fourth-order valence-electron chi connectivity index (χ4n) is 2.79. The van der Waals surface area contributed by atoms with Gasteiger partial charge in [0.25, 0.3) is 0 Å². The zero-order chi connectivity index (χ0) is 13.9. The van der Waals surface area contributed by atoms with Crippen molar-refractivity contribution in [3.8, 4) is 0 Å². The van der Waals surface area contributed by atoms with E-state index in [2.05, 4.69) is 28.1 Å². The Labute approximate surface area is 124 Å². The van der Waals surface area contributed by atoms with E-state index in [9.17, 15) is 0 Å². The Kier molecular flexibility index (Phi) is 4.08. The second-order valence-corrected chi connectivity index (χ2v) is 5.68. The zero-order valence-corrected chi connectivity index (χ0v) is 12.5. The quantitative estimate of drug-likeness (QED) is 0.853. The minimum Gasteiger partial charge on any atom is -0.378 e. The first-order valence-corrected chi connectivity index (χ1v) is 7.49. The molecule has 0 atom stereocenters. The molecule has 1 aliphatic rings. The number of methoxy groups -OCH3 is 1. The molecule has 0 bridgehead atoms. The predicted octanol–water partition coefficient (Wildman–Crippen LogP) is 4.02. The van der Waals surface area contributed by atoms with Crippen LogP contribution in [0.5, 0.6) is 0 Å². The fourth-order valence-corrected chi connectivity index (χ4v) is 3.07. The Hall–Kier alpha value is -1.32. The van der Waals surface area contributed by atoms with Crippen molar-refractivity contribution in [2.75, 3.05) is 25.1 Å². The predicted molar refractivity (Wildman–Crippen MR) is 83.5 cm³/mol. The maximum absolute atomic E-state index is 6.39. The van der Waals surface area contributed by atoms with Crippen LogP contribution in [0.2, 0.25) is 5.02 Å². The molecule has 1 aliphatic heterocycles. The number of aromatic nitrogens is 1. The summed E-state index contributed by atoms with van der Waals surface area (Å²) in [6.45, 7) is 2.76. The number of fused-ring (bicyclic) bond motifs is 1. The van der Waals surface area contributed by atoms with Gasteiger partial charge in [0.2, 0.25) is 0 Å². The molecule has 0 radical (unpaired) electrons. The van der Waals surface area contributed by atoms with Gasteiger partial charge in [0.1, 0.15) is 0 Å². The molecule has 1 fully saturated rings. The number of ether oxygens (including phenoxy) is 1. The van der Waals surface area contributed by atoms with Gasteiger partial charge >= 0.3 is 0 Å². The maximum atomic E-state index is 6.39. The van der Waals surface area contributed by atoms with E-state index < -0.39 is 0 Å². The highest BCUT2D eigenvalue weighted by atomic mass is 35.5. The normalized spacial score (nSPS) is 15.8. The molecule has 2 heterocycles. The second kappa shape index (κ2) is 5.98. The Morgan fingerprint density at radius 3 is 2.75 bits per heavy atom. The molecule has 3 nitrogen and oxygen atoms in total. The molecule has 1 aromatic carbocycles. The van der Waals surface area contributed by atoms with Gasteiger partial charge in [0, 0.05) is 31.3 Å². The molecule has 0 saturated carbocycles. The van der Waals surface area contributed by atoms with E-state index in [0.717, 1.165) is 34.7 Å². The molecule has 106 valence electrons. The summed E-state index contributed by atoms with van der Waals surface area (Å²) in [4.78, 5) is 7.02. The standard InChI is InChI=1S/C16H19ClN2O/c1-20-11-12-9-15(17)14-10-13(5-6-16(14)18-12)19-7-3-2-4-8-19/h5-6,9-10H,2-4,7-8,11H2,1H3. The summed E-state index contributed by atoms with van der Waals surface area (Å²) in [5.41, 5.74) is 3.06. The number of nitrogens with zero attached hydrogens (tertiary/aromatic N) is 2. The van der Waals surface area contributed by atoms with Crippen LogP contribution in [-0.4, -0.2) is 25.2 Å². The van der Waals surface area contributed by atoms with Crippen LogP contribution < -0.4 is 4.90 Å². The Morgan fingerprint density at radius 1 is 1.20 bits per heavy atom. The molecule has 0 spiro atoms. The van der Waals surface area contributed by atoms with Crippen LogP contribution in [-0.2, 0) is 11.3 Å². The van der Waals surface area contributed by atoms with Crippen LogP contribution in [0.3, 0.4) is 0 Å². The smallest absolute Gasteiger partial charge is 0.0884 e. The highest BCUT2D eigenvalue weighted by Crippen LogP contribution is 2.29. The third-order valence-electron chi connectivity index (χ3n) is 3.81. The first-order chi connectivity index (χ1) is 9.78. The monoisotopic (exact) mass is 290 g/mol. The lowest BCUT2D eigenvalue weighted by atomic mass is 10.1. The highest BCUT2D eigenvalue weighted by Gasteiger charge is 2.12. The van der Waals surface area contributed by atoms with Crippen LogP contribution >= 0.6 is 11.6 Å². The highest BCUT2D eigenvalue weighted by molar-refractivity contribution is 6.35. The van der Waals surface area contributed by atoms with Crippen LogP contribution in [0.1, 0.15) is 25.0 Å². The van der Waals surface area contributed by atoms with E-state index >= 15 is 0 Å². The van der Waals surface area contributed by atoms with Gasteiger partial charge in [-0.15, -0.1) is 0 Å². The van der Waals surface area contributed by atoms with Gasteiger partial charge in [-0.25, -0.2) is 0 Å². The average Bonchev–Trinajstić information content (AvgIpc) is 2.48. The van der Waals surface area contributed by atoms with Gasteiger partial charge in [-0.05, 0) is 43.5 Å². The van der Waals surface area contributed by atoms with E-state index in [1.54, 1.807) is 7.11 Å². The number of pyridine rings is 1. The van der Waals surface area contributed by atoms with Gasteiger partial charge in [-0.2, -0.15) is 0 Å². The molecule has 2 aromatic rings. The largest absolute Gasteiger partial charge is 0.378 e. The topological polar surface area (TPSA) is 25.4 Å². The summed E-state index contributed by atoms with van der Waals surface area (Å²) in [5, 5.41) is 1.77. The minimum atomic E-state index is 0.490. The van der Waals surface area contributed by atoms with Crippen molar-refractivity contribution < 1.29 is 4.74 Å². The number of rotatable bonds is 3. The summed E-state index contributed by atoms with van der Waals surface area (Å²) < 4.78 is 5.12. The molecule has 3 rings (SSSR count). The maximum Gasteiger partial charge on any atom is 0.0884 e. The van der Waals surface area contributed by atoms with Crippen molar-refractivity contribution >= 4 is 28.2 Å². The lowest BCUT2D eigenvalue weighted by molar-refractivity contribution is 0.182. The zero-order valence-electron chi connectivity index (χ0n) is 11.7. The van der Waals surface area contributed by atoms with Crippen molar-refractivity contribution in [2.24, 2.45) is 0 Å². The number of hydrogen-bond acceptors (Lipinski definition) is 3. The van der Waals surface area contributed by atoms with Crippen molar-refractivity contribution in [3.63, 3.8) is 0 Å². The first-order valence-electron chi connectivity index (χ1n) is 7.11. The summed E-state index contributed by atoms with van der Waals surface area (Å²) in [6.07, 6.45) is 3.89. The fraction of sp³-hybridized carbons (Fsp3) is 0.438. The van der Waals surface area contributed by atoms with Crippen molar-refractivity contribution in [1.29, 1.82) is 0 Å². The van der Waals surface area contributed by atoms with Crippen LogP contribution in [0, 0.1) is 0 Å². The molecular weight excluding hydrogens is 272 g/mol. The van der Waals surface area contributed by atoms with Crippen molar-refractivity contribution in [2.45, 2.75) is 25.9 Å². The third-order valence-corrected chi connectivity index (χ3v) is 4.12. The van der Waals surface area contributed by atoms with E-state index in [4.69, 9.17) is 16.3 Å². The molecule has 0 unspecified atom stereocenters. The molecule has 0 amide bonds. The molecule has 1 saturated heterocycles. The number of benzene rings is 1. The molecule has 4 heteroatoms. The van der Waals surface area contributed by atoms with Gasteiger partial charge in [-0.1, -0.05) is 11.6 Å². The molecule has 0 aliphatic carbocycles. The lowest BCUT2D eigenvalue weighted by Gasteiger charge is -2.29. The molecule has 20 heavy (non-hydrogen) atoms. The second-order valence-electron chi connectivity index (χ2n) is 5.28. The summed E-state index contributed by atoms with van der Waals surface area (Å²) in [5.74, 6) is 0. The Balaban J connectivity index is 1.98. The van der Waals surface area contributed by atoms with Crippen LogP contribution in [0.4, 0.5) is 5.69 Å². The third kappa shape index (κ3) is 2.74. The average molecular weight is 291 g/mol. The van der Waals surface area contributed by atoms with Gasteiger partial charge < -0.3 is 9.64 Å². The summed E-state index contributed by atoms with van der Waals surface area (Å²) in [7, 11) is 1.67. The Bertz CT molecular complexity index is 609. The molecule has 0 N–H and O–H groups in total. The van der Waals surface area contributed by atoms with Gasteiger partial charge in [0.15, 0.2) is 0 Å². The number of piperidine rings is 1. The number of halogens is 1. The number of anilines is 1. The SMILES string of the molecule is COCc1cc(Cl)c2cc(N3CCCCC3)ccc2n1. The van der Waals surface area contributed by atoms with Crippen molar-refractivity contribution in [3.05, 3.63) is 35.0 Å². The van der Waals surface area contributed by atoms with E-state index in [1.807, 2.05) is 6.07 Å². The van der Waals surface area contributed by atoms with Crippen LogP contribution in [0.25, 0.3) is 10.9 Å². The van der Waals surface area contributed by atoms with Gasteiger partial charge in [0.05, 0.1) is 22.8 Å². The van der Waals surface area contributed by atoms with E-state index in [1.165, 1.54) is 24.9 Å². The van der Waals surface area contributed by atoms with Gasteiger partial charge in [-0.3, -0.25) is 4.98 Å². The molecule has 1 aromatic heterocycles. The van der Waals surface area contributed by atoms with Crippen LogP contribution in [0.15, 0.2) is 24.3 Å². The van der Waals surface area contributed by atoms with E-state index in [-0.39, 0.29) is 0 Å². The molecular formula is C16H19ClN2O. The first kappa shape index (κ1) is 13.7. The number of hydrogen-bond donors (Lipinski definition) is 0. The Morgan fingerprint density at radius 2 is 2.00 bits per heavy atom. The summed E-state index contributed by atoms with van der Waals surface area (Å²) >= 11 is 6.39. The lowest BCUT2D eigenvalue weighted by Crippen LogP contribution is -2.29. The van der Waals surface area contributed by atoms with Crippen molar-refractivity contribution in [1.82, 2.24) is 4.98 Å². The van der Waals surface area contributed by atoms with E-state index in [0.29, 0.717) is 6.61 Å². The summed E-state index contributed by atoms with van der Waals surface area (Å²) in [6, 6.07) is 8.26. The minimum absolute atomic E-state index is 0.490.